The summed E-state index contributed by atoms with van der Waals surface area (Å²) in [4.78, 5) is 45.3. The molecule has 9 nitrogen and oxygen atoms in total. The second kappa shape index (κ2) is 5.66. The molecule has 1 unspecified atom stereocenters. The summed E-state index contributed by atoms with van der Waals surface area (Å²) in [6.45, 7) is 0. The molecule has 90 valence electrons. The fourth-order valence-corrected chi connectivity index (χ4v) is 0.829. The standard InChI is InChI=1S/C7H9NO8/c9-3-8-16-5(12)2-7(15,6(13)14)1-4(10)11/h3,15H,1-2H2,(H,8,9)(H,10,11)(H,13,14). The molecule has 16 heavy (non-hydrogen) atoms. The second-order valence-corrected chi connectivity index (χ2v) is 2.79. The van der Waals surface area contributed by atoms with Crippen LogP contribution in [0.5, 0.6) is 0 Å². The number of hydrogen-bond acceptors (Lipinski definition) is 6. The molecule has 0 bridgehead atoms. The van der Waals surface area contributed by atoms with Crippen LogP contribution in [-0.4, -0.2) is 45.2 Å². The molecule has 9 heteroatoms. The predicted molar refractivity (Wildman–Crippen MR) is 44.7 cm³/mol. The van der Waals surface area contributed by atoms with Gasteiger partial charge in [-0.2, -0.15) is 5.48 Å². The third kappa shape index (κ3) is 4.37. The molecule has 0 saturated carbocycles. The van der Waals surface area contributed by atoms with E-state index >= 15 is 0 Å². The lowest BCUT2D eigenvalue weighted by Gasteiger charge is -2.19. The molecule has 0 spiro atoms. The lowest BCUT2D eigenvalue weighted by atomic mass is 9.96. The Labute approximate surface area is 88.6 Å². The number of aliphatic carboxylic acids is 2. The second-order valence-electron chi connectivity index (χ2n) is 2.79. The molecule has 0 aromatic carbocycles. The van der Waals surface area contributed by atoms with Gasteiger partial charge in [0.25, 0.3) is 0 Å². The van der Waals surface area contributed by atoms with E-state index in [9.17, 15) is 24.3 Å². The van der Waals surface area contributed by atoms with Crippen LogP contribution >= 0.6 is 0 Å². The molecular formula is C7H9NO8. The van der Waals surface area contributed by atoms with Crippen molar-refractivity contribution < 1.29 is 39.3 Å². The number of hydroxylamine groups is 1. The lowest BCUT2D eigenvalue weighted by molar-refractivity contribution is -0.174. The molecule has 0 aliphatic heterocycles. The third-order valence-electron chi connectivity index (χ3n) is 1.50. The molecule has 4 N–H and O–H groups in total. The van der Waals surface area contributed by atoms with E-state index in [0.29, 0.717) is 0 Å². The van der Waals surface area contributed by atoms with Gasteiger partial charge in [-0.3, -0.25) is 9.59 Å². The molecular weight excluding hydrogens is 226 g/mol. The Morgan fingerprint density at radius 2 is 1.81 bits per heavy atom. The first-order valence-electron chi connectivity index (χ1n) is 3.88. The first kappa shape index (κ1) is 13.8. The lowest BCUT2D eigenvalue weighted by Crippen LogP contribution is -2.43. The number of amides is 1. The zero-order valence-electron chi connectivity index (χ0n) is 7.87. The van der Waals surface area contributed by atoms with Crippen LogP contribution in [0.2, 0.25) is 0 Å². The summed E-state index contributed by atoms with van der Waals surface area (Å²) in [6, 6.07) is 0. The highest BCUT2D eigenvalue weighted by Gasteiger charge is 2.41. The van der Waals surface area contributed by atoms with Crippen molar-refractivity contribution in [1.82, 2.24) is 5.48 Å². The van der Waals surface area contributed by atoms with Gasteiger partial charge < -0.3 is 20.2 Å². The number of aliphatic hydroxyl groups is 1. The minimum absolute atomic E-state index is 0.00885. The van der Waals surface area contributed by atoms with Crippen LogP contribution in [0.1, 0.15) is 12.8 Å². The van der Waals surface area contributed by atoms with Crippen molar-refractivity contribution >= 4 is 24.3 Å². The molecule has 0 rings (SSSR count). The zero-order chi connectivity index (χ0) is 12.8. The van der Waals surface area contributed by atoms with Gasteiger partial charge in [0.05, 0.1) is 12.8 Å². The quantitative estimate of drug-likeness (QED) is 0.288. The number of hydrogen-bond donors (Lipinski definition) is 4. The topological polar surface area (TPSA) is 150 Å². The molecule has 0 saturated heterocycles. The van der Waals surface area contributed by atoms with E-state index in [0.717, 1.165) is 0 Å². The fourth-order valence-electron chi connectivity index (χ4n) is 0.829. The van der Waals surface area contributed by atoms with Gasteiger partial charge >= 0.3 is 17.9 Å². The maximum absolute atomic E-state index is 10.8. The number of carbonyl (C=O) groups is 4. The van der Waals surface area contributed by atoms with Crippen LogP contribution < -0.4 is 5.48 Å². The van der Waals surface area contributed by atoms with Gasteiger partial charge in [0.15, 0.2) is 5.60 Å². The van der Waals surface area contributed by atoms with Crippen LogP contribution in [0.4, 0.5) is 0 Å². The van der Waals surface area contributed by atoms with Gasteiger partial charge in [-0.15, -0.1) is 0 Å². The summed E-state index contributed by atoms with van der Waals surface area (Å²) < 4.78 is 0. The number of carboxylic acids is 2. The van der Waals surface area contributed by atoms with Crippen LogP contribution in [-0.2, 0) is 24.0 Å². The molecule has 0 fully saturated rings. The van der Waals surface area contributed by atoms with Gasteiger partial charge in [0.2, 0.25) is 6.41 Å². The average Bonchev–Trinajstić information content (AvgIpc) is 2.12. The largest absolute Gasteiger partial charge is 0.481 e. The Morgan fingerprint density at radius 1 is 1.25 bits per heavy atom. The van der Waals surface area contributed by atoms with Crippen LogP contribution in [0.3, 0.4) is 0 Å². The minimum atomic E-state index is -2.77. The summed E-state index contributed by atoms with van der Waals surface area (Å²) in [5.74, 6) is -4.75. The van der Waals surface area contributed by atoms with Crippen molar-refractivity contribution in [3.63, 3.8) is 0 Å². The monoisotopic (exact) mass is 235 g/mol. The van der Waals surface area contributed by atoms with Gasteiger partial charge in [0, 0.05) is 0 Å². The maximum atomic E-state index is 10.8. The number of carboxylic acid groups (broad SMARTS) is 2. The Hall–Kier alpha value is -2.16. The molecule has 0 aliphatic rings. The normalized spacial score (nSPS) is 13.3. The SMILES string of the molecule is O=CNOC(=O)CC(O)(CC(=O)O)C(=O)O. The van der Waals surface area contributed by atoms with E-state index in [1.54, 1.807) is 0 Å². The van der Waals surface area contributed by atoms with Crippen LogP contribution in [0.15, 0.2) is 0 Å². The van der Waals surface area contributed by atoms with Crippen molar-refractivity contribution in [2.45, 2.75) is 18.4 Å². The van der Waals surface area contributed by atoms with E-state index < -0.39 is 36.4 Å². The first-order chi connectivity index (χ1) is 7.31. The number of rotatable bonds is 7. The minimum Gasteiger partial charge on any atom is -0.481 e. The molecule has 1 amide bonds. The van der Waals surface area contributed by atoms with Crippen molar-refractivity contribution in [2.24, 2.45) is 0 Å². The van der Waals surface area contributed by atoms with Crippen molar-refractivity contribution in [1.29, 1.82) is 0 Å². The average molecular weight is 235 g/mol. The molecule has 0 aromatic rings. The zero-order valence-corrected chi connectivity index (χ0v) is 7.87. The van der Waals surface area contributed by atoms with E-state index in [1.165, 1.54) is 5.48 Å². The van der Waals surface area contributed by atoms with Crippen molar-refractivity contribution in [2.75, 3.05) is 0 Å². The Kier molecular flexibility index (Phi) is 4.89. The Morgan fingerprint density at radius 3 is 2.19 bits per heavy atom. The molecule has 0 heterocycles. The summed E-state index contributed by atoms with van der Waals surface area (Å²) >= 11 is 0. The highest BCUT2D eigenvalue weighted by atomic mass is 16.7. The van der Waals surface area contributed by atoms with Gasteiger partial charge in [0.1, 0.15) is 0 Å². The third-order valence-corrected chi connectivity index (χ3v) is 1.50. The Balaban J connectivity index is 4.55. The van der Waals surface area contributed by atoms with Crippen LogP contribution in [0.25, 0.3) is 0 Å². The van der Waals surface area contributed by atoms with Gasteiger partial charge in [-0.25, -0.2) is 9.59 Å². The van der Waals surface area contributed by atoms with Crippen molar-refractivity contribution in [3.8, 4) is 0 Å². The van der Waals surface area contributed by atoms with Crippen molar-refractivity contribution in [3.05, 3.63) is 0 Å². The molecule has 0 radical (unpaired) electrons. The summed E-state index contributed by atoms with van der Waals surface area (Å²) in [5, 5.41) is 26.2. The molecule has 1 atom stereocenters. The van der Waals surface area contributed by atoms with E-state index in [4.69, 9.17) is 10.2 Å². The fraction of sp³-hybridized carbons (Fsp3) is 0.429. The number of nitrogens with one attached hydrogen (secondary N) is 1. The van der Waals surface area contributed by atoms with Gasteiger partial charge in [-0.05, 0) is 0 Å². The Bertz CT molecular complexity index is 314. The number of carbonyl (C=O) groups excluding carboxylic acids is 2. The summed E-state index contributed by atoms with van der Waals surface area (Å²) in [5.41, 5.74) is -1.29. The smallest absolute Gasteiger partial charge is 0.336 e. The summed E-state index contributed by atoms with van der Waals surface area (Å²) in [7, 11) is 0. The molecule has 0 aliphatic carbocycles. The highest BCUT2D eigenvalue weighted by molar-refractivity contribution is 5.88. The summed E-state index contributed by atoms with van der Waals surface area (Å²) in [6.07, 6.45) is -2.26. The maximum Gasteiger partial charge on any atom is 0.336 e. The highest BCUT2D eigenvalue weighted by Crippen LogP contribution is 2.16. The van der Waals surface area contributed by atoms with E-state index in [1.807, 2.05) is 0 Å². The predicted octanol–water partition coefficient (Wildman–Crippen LogP) is -2.13. The molecule has 0 aromatic heterocycles. The van der Waals surface area contributed by atoms with E-state index in [2.05, 4.69) is 4.84 Å². The van der Waals surface area contributed by atoms with E-state index in [-0.39, 0.29) is 6.41 Å². The van der Waals surface area contributed by atoms with Gasteiger partial charge in [-0.1, -0.05) is 0 Å². The van der Waals surface area contributed by atoms with Crippen LogP contribution in [0, 0.1) is 0 Å². The first-order valence-corrected chi connectivity index (χ1v) is 3.88.